The molecule has 1 atom stereocenters. The fourth-order valence-corrected chi connectivity index (χ4v) is 1.36. The van der Waals surface area contributed by atoms with Crippen LogP contribution < -0.4 is 0 Å². The smallest absolute Gasteiger partial charge is 0.372 e. The molecule has 15 heavy (non-hydrogen) atoms. The third-order valence-corrected chi connectivity index (χ3v) is 2.26. The maximum atomic E-state index is 10.8. The van der Waals surface area contributed by atoms with Crippen LogP contribution >= 0.6 is 0 Å². The van der Waals surface area contributed by atoms with Crippen LogP contribution in [0.1, 0.15) is 12.8 Å². The molecule has 0 aromatic carbocycles. The van der Waals surface area contributed by atoms with Crippen molar-refractivity contribution in [2.24, 2.45) is 5.92 Å². The average Bonchev–Trinajstić information content (AvgIpc) is 2.14. The van der Waals surface area contributed by atoms with Gasteiger partial charge in [-0.3, -0.25) is 4.79 Å². The Kier molecular flexibility index (Phi) is 3.39. The molecule has 0 fully saturated rings. The van der Waals surface area contributed by atoms with Crippen molar-refractivity contribution < 1.29 is 24.9 Å². The fraction of sp³-hybridized carbons (Fsp3) is 0.400. The molecular weight excluding hydrogens is 200 g/mol. The van der Waals surface area contributed by atoms with E-state index in [1.165, 1.54) is 18.2 Å². The van der Waals surface area contributed by atoms with Gasteiger partial charge >= 0.3 is 5.97 Å². The Labute approximate surface area is 86.3 Å². The predicted molar refractivity (Wildman–Crippen MR) is 50.8 cm³/mol. The zero-order chi connectivity index (χ0) is 11.5. The summed E-state index contributed by atoms with van der Waals surface area (Å²) in [6.07, 6.45) is 5.73. The summed E-state index contributed by atoms with van der Waals surface area (Å²) in [6.45, 7) is 0. The molecule has 1 aliphatic carbocycles. The number of carbonyl (C=O) groups is 2. The van der Waals surface area contributed by atoms with Crippen LogP contribution in [0.25, 0.3) is 0 Å². The summed E-state index contributed by atoms with van der Waals surface area (Å²) in [5.74, 6) is -5.06. The summed E-state index contributed by atoms with van der Waals surface area (Å²) in [7, 11) is 0. The normalized spacial score (nSPS) is 22.7. The summed E-state index contributed by atoms with van der Waals surface area (Å²) in [6, 6.07) is 0. The molecule has 5 heteroatoms. The van der Waals surface area contributed by atoms with E-state index in [1.807, 2.05) is 0 Å². The summed E-state index contributed by atoms with van der Waals surface area (Å²) in [4.78, 5) is 21.0. The summed E-state index contributed by atoms with van der Waals surface area (Å²) in [5.41, 5.74) is 0. The predicted octanol–water partition coefficient (Wildman–Crippen LogP) is -0.157. The highest BCUT2D eigenvalue weighted by Gasteiger charge is 2.31. The summed E-state index contributed by atoms with van der Waals surface area (Å²) in [5, 5.41) is 27.2. The van der Waals surface area contributed by atoms with Gasteiger partial charge in [0, 0.05) is 12.3 Å². The first-order chi connectivity index (χ1) is 6.93. The van der Waals surface area contributed by atoms with E-state index in [1.54, 1.807) is 6.08 Å². The minimum atomic E-state index is -1.99. The minimum Gasteiger partial charge on any atom is -0.476 e. The molecule has 0 heterocycles. The Morgan fingerprint density at radius 2 is 1.93 bits per heavy atom. The lowest BCUT2D eigenvalue weighted by Crippen LogP contribution is -2.36. The van der Waals surface area contributed by atoms with Gasteiger partial charge in [0.05, 0.1) is 0 Å². The first kappa shape index (κ1) is 11.6. The van der Waals surface area contributed by atoms with Gasteiger partial charge in [-0.2, -0.15) is 0 Å². The molecule has 1 aliphatic rings. The van der Waals surface area contributed by atoms with Crippen LogP contribution in [-0.2, 0) is 9.59 Å². The maximum Gasteiger partial charge on any atom is 0.372 e. The first-order valence-corrected chi connectivity index (χ1v) is 4.50. The van der Waals surface area contributed by atoms with Gasteiger partial charge in [0.2, 0.25) is 5.78 Å². The first-order valence-electron chi connectivity index (χ1n) is 4.50. The Hall–Kier alpha value is -1.46. The number of carboxylic acid groups (broad SMARTS) is 1. The number of carbonyl (C=O) groups excluding carboxylic acids is 1. The number of Topliss-reactive ketones (excluding diaryl/α,β-unsaturated/α-hetero) is 1. The molecule has 1 rings (SSSR count). The van der Waals surface area contributed by atoms with Crippen LogP contribution in [0.4, 0.5) is 0 Å². The van der Waals surface area contributed by atoms with Crippen LogP contribution in [0.5, 0.6) is 0 Å². The zero-order valence-electron chi connectivity index (χ0n) is 7.96. The van der Waals surface area contributed by atoms with Gasteiger partial charge in [0.1, 0.15) is 0 Å². The summed E-state index contributed by atoms with van der Waals surface area (Å²) >= 11 is 0. The molecule has 0 saturated carbocycles. The van der Waals surface area contributed by atoms with Gasteiger partial charge in [-0.15, -0.1) is 0 Å². The minimum absolute atomic E-state index is 0.0962. The molecule has 0 spiro atoms. The van der Waals surface area contributed by atoms with E-state index in [0.717, 1.165) is 0 Å². The van der Waals surface area contributed by atoms with Gasteiger partial charge < -0.3 is 15.3 Å². The highest BCUT2D eigenvalue weighted by atomic mass is 16.5. The Morgan fingerprint density at radius 1 is 1.27 bits per heavy atom. The number of hydrogen-bond donors (Lipinski definition) is 3. The molecule has 0 radical (unpaired) electrons. The number of carboxylic acids is 1. The highest BCUT2D eigenvalue weighted by Crippen LogP contribution is 2.25. The van der Waals surface area contributed by atoms with Crippen LogP contribution in [0.2, 0.25) is 0 Å². The van der Waals surface area contributed by atoms with Gasteiger partial charge in [-0.25, -0.2) is 4.79 Å². The van der Waals surface area contributed by atoms with E-state index in [4.69, 9.17) is 5.11 Å². The van der Waals surface area contributed by atoms with Crippen molar-refractivity contribution in [2.45, 2.75) is 18.6 Å². The molecule has 0 saturated heterocycles. The Bertz CT molecular complexity index is 327. The molecule has 0 aliphatic heterocycles. The van der Waals surface area contributed by atoms with Crippen LogP contribution in [-0.4, -0.2) is 32.9 Å². The maximum absolute atomic E-state index is 10.8. The molecule has 3 N–H and O–H groups in total. The van der Waals surface area contributed by atoms with E-state index < -0.39 is 23.5 Å². The van der Waals surface area contributed by atoms with E-state index in [2.05, 4.69) is 0 Å². The second-order valence-corrected chi connectivity index (χ2v) is 3.40. The zero-order valence-corrected chi connectivity index (χ0v) is 7.96. The molecule has 0 bridgehead atoms. The third kappa shape index (κ3) is 3.00. The van der Waals surface area contributed by atoms with Gasteiger partial charge in [0.25, 0.3) is 0 Å². The van der Waals surface area contributed by atoms with Gasteiger partial charge in [0.15, 0.2) is 5.79 Å². The van der Waals surface area contributed by atoms with Crippen molar-refractivity contribution in [3.8, 4) is 0 Å². The second-order valence-electron chi connectivity index (χ2n) is 3.40. The third-order valence-electron chi connectivity index (χ3n) is 2.26. The van der Waals surface area contributed by atoms with Crippen molar-refractivity contribution in [1.82, 2.24) is 0 Å². The number of ketones is 1. The number of aliphatic carboxylic acids is 1. The summed E-state index contributed by atoms with van der Waals surface area (Å²) < 4.78 is 0. The van der Waals surface area contributed by atoms with Crippen LogP contribution in [0.3, 0.4) is 0 Å². The molecule has 1 unspecified atom stereocenters. The standard InChI is InChI=1S/C10H12O5/c11-8(9(12)13)5-4-7-3-1-2-6-10(7,14)15/h1-3,6-7,14-15H,4-5H2,(H,12,13). The monoisotopic (exact) mass is 212 g/mol. The highest BCUT2D eigenvalue weighted by molar-refractivity contribution is 6.32. The Balaban J connectivity index is 2.52. The van der Waals surface area contributed by atoms with Crippen molar-refractivity contribution in [1.29, 1.82) is 0 Å². The lowest BCUT2D eigenvalue weighted by molar-refractivity contribution is -0.155. The van der Waals surface area contributed by atoms with E-state index in [-0.39, 0.29) is 12.8 Å². The topological polar surface area (TPSA) is 94.8 Å². The number of hydrogen-bond acceptors (Lipinski definition) is 4. The lowest BCUT2D eigenvalue weighted by Gasteiger charge is -2.27. The van der Waals surface area contributed by atoms with Gasteiger partial charge in [-0.05, 0) is 12.5 Å². The van der Waals surface area contributed by atoms with Crippen molar-refractivity contribution >= 4 is 11.8 Å². The van der Waals surface area contributed by atoms with Crippen molar-refractivity contribution in [3.05, 3.63) is 24.3 Å². The van der Waals surface area contributed by atoms with E-state index in [9.17, 15) is 19.8 Å². The molecule has 82 valence electrons. The number of allylic oxidation sites excluding steroid dienone is 2. The SMILES string of the molecule is O=C(O)C(=O)CCC1C=CC=CC1(O)O. The van der Waals surface area contributed by atoms with Crippen molar-refractivity contribution in [3.63, 3.8) is 0 Å². The lowest BCUT2D eigenvalue weighted by atomic mass is 9.89. The number of aliphatic hydroxyl groups is 2. The largest absolute Gasteiger partial charge is 0.476 e. The average molecular weight is 212 g/mol. The van der Waals surface area contributed by atoms with Crippen LogP contribution in [0.15, 0.2) is 24.3 Å². The van der Waals surface area contributed by atoms with Gasteiger partial charge in [-0.1, -0.05) is 18.2 Å². The van der Waals surface area contributed by atoms with Crippen molar-refractivity contribution in [2.75, 3.05) is 0 Å². The fourth-order valence-electron chi connectivity index (χ4n) is 1.36. The quantitative estimate of drug-likeness (QED) is 0.444. The number of rotatable bonds is 4. The Morgan fingerprint density at radius 3 is 2.47 bits per heavy atom. The van der Waals surface area contributed by atoms with E-state index in [0.29, 0.717) is 0 Å². The molecule has 5 nitrogen and oxygen atoms in total. The van der Waals surface area contributed by atoms with E-state index >= 15 is 0 Å². The molecule has 0 amide bonds. The molecule has 0 aromatic heterocycles. The van der Waals surface area contributed by atoms with Crippen LogP contribution in [0, 0.1) is 5.92 Å². The molecule has 0 aromatic rings. The second kappa shape index (κ2) is 4.37. The molecular formula is C10H12O5.